The van der Waals surface area contributed by atoms with Crippen LogP contribution in [0.2, 0.25) is 0 Å². The molecule has 0 aliphatic rings. The van der Waals surface area contributed by atoms with E-state index >= 15 is 0 Å². The molecule has 92 valence electrons. The number of alkyl halides is 5. The van der Waals surface area contributed by atoms with Gasteiger partial charge in [-0.15, -0.1) is 0 Å². The minimum Gasteiger partial charge on any atom is -0.308 e. The third kappa shape index (κ3) is 5.27. The third-order valence-corrected chi connectivity index (χ3v) is 1.73. The van der Waals surface area contributed by atoms with Crippen molar-refractivity contribution in [2.45, 2.75) is 25.1 Å². The van der Waals surface area contributed by atoms with Crippen molar-refractivity contribution in [1.29, 1.82) is 0 Å². The molecule has 0 aliphatic heterocycles. The fourth-order valence-electron chi connectivity index (χ4n) is 1.01. The van der Waals surface area contributed by atoms with Gasteiger partial charge in [-0.2, -0.15) is 22.0 Å². The van der Waals surface area contributed by atoms with Crippen LogP contribution in [-0.4, -0.2) is 50.2 Å². The largest absolute Gasteiger partial charge is 0.454 e. The highest BCUT2D eigenvalue weighted by atomic mass is 19.4. The van der Waals surface area contributed by atoms with Gasteiger partial charge in [0.2, 0.25) is 0 Å². The Labute approximate surface area is 85.4 Å². The summed E-state index contributed by atoms with van der Waals surface area (Å²) in [6, 6.07) is -0.423. The van der Waals surface area contributed by atoms with E-state index in [2.05, 4.69) is 5.32 Å². The quantitative estimate of drug-likeness (QED) is 0.729. The Kier molecular flexibility index (Phi) is 4.92. The van der Waals surface area contributed by atoms with Crippen LogP contribution in [0.25, 0.3) is 0 Å². The van der Waals surface area contributed by atoms with Crippen molar-refractivity contribution >= 4 is 0 Å². The van der Waals surface area contributed by atoms with Gasteiger partial charge in [0.05, 0.1) is 6.54 Å². The van der Waals surface area contributed by atoms with E-state index in [0.717, 1.165) is 0 Å². The molecule has 0 fully saturated rings. The molecule has 0 amide bonds. The minimum absolute atomic E-state index is 0.397. The Hall–Kier alpha value is -0.430. The SMILES string of the molecule is CC(CN(C)C)NCC(F)(F)C(F)(F)F. The van der Waals surface area contributed by atoms with Gasteiger partial charge in [-0.05, 0) is 21.0 Å². The minimum atomic E-state index is -5.49. The van der Waals surface area contributed by atoms with Crippen molar-refractivity contribution in [3.05, 3.63) is 0 Å². The highest BCUT2D eigenvalue weighted by Gasteiger charge is 2.57. The van der Waals surface area contributed by atoms with Crippen LogP contribution in [0.1, 0.15) is 6.92 Å². The van der Waals surface area contributed by atoms with Crippen LogP contribution in [-0.2, 0) is 0 Å². The lowest BCUT2D eigenvalue weighted by molar-refractivity contribution is -0.279. The summed E-state index contributed by atoms with van der Waals surface area (Å²) in [6.07, 6.45) is -5.49. The Morgan fingerprint density at radius 2 is 1.60 bits per heavy atom. The maximum atomic E-state index is 12.4. The Bertz CT molecular complexity index is 190. The summed E-state index contributed by atoms with van der Waals surface area (Å²) in [7, 11) is 3.42. The van der Waals surface area contributed by atoms with Crippen LogP contribution in [0.15, 0.2) is 0 Å². The standard InChI is InChI=1S/C8H15F5N2/c1-6(4-15(2)3)14-5-7(9,10)8(11,12)13/h6,14H,4-5H2,1-3H3. The molecule has 7 heteroatoms. The van der Waals surface area contributed by atoms with Crippen molar-refractivity contribution in [1.82, 2.24) is 10.2 Å². The molecule has 0 rings (SSSR count). The molecule has 1 unspecified atom stereocenters. The summed E-state index contributed by atoms with van der Waals surface area (Å²) in [6.45, 7) is 0.561. The van der Waals surface area contributed by atoms with Gasteiger partial charge in [0.25, 0.3) is 0 Å². The second-order valence-electron chi connectivity index (χ2n) is 3.75. The summed E-state index contributed by atoms with van der Waals surface area (Å²) in [5.74, 6) is -4.67. The van der Waals surface area contributed by atoms with Crippen molar-refractivity contribution in [3.63, 3.8) is 0 Å². The molecule has 1 atom stereocenters. The molecule has 2 nitrogen and oxygen atoms in total. The van der Waals surface area contributed by atoms with Crippen molar-refractivity contribution in [3.8, 4) is 0 Å². The van der Waals surface area contributed by atoms with E-state index in [0.29, 0.717) is 6.54 Å². The average molecular weight is 234 g/mol. The predicted octanol–water partition coefficient (Wildman–Crippen LogP) is 1.72. The molecule has 0 bridgehead atoms. The summed E-state index contributed by atoms with van der Waals surface area (Å²) >= 11 is 0. The first-order chi connectivity index (χ1) is 6.56. The smallest absolute Gasteiger partial charge is 0.308 e. The number of nitrogens with zero attached hydrogens (tertiary/aromatic N) is 1. The van der Waals surface area contributed by atoms with Crippen LogP contribution in [0, 0.1) is 0 Å². The van der Waals surface area contributed by atoms with Gasteiger partial charge < -0.3 is 10.2 Å². The fourth-order valence-corrected chi connectivity index (χ4v) is 1.01. The Morgan fingerprint density at radius 3 is 1.93 bits per heavy atom. The molecule has 0 radical (unpaired) electrons. The molecule has 0 heterocycles. The van der Waals surface area contributed by atoms with E-state index in [9.17, 15) is 22.0 Å². The van der Waals surface area contributed by atoms with Gasteiger partial charge in [-0.25, -0.2) is 0 Å². The van der Waals surface area contributed by atoms with Crippen LogP contribution >= 0.6 is 0 Å². The lowest BCUT2D eigenvalue weighted by Crippen LogP contribution is -2.49. The van der Waals surface area contributed by atoms with E-state index < -0.39 is 24.7 Å². The first kappa shape index (κ1) is 14.6. The highest BCUT2D eigenvalue weighted by Crippen LogP contribution is 2.34. The van der Waals surface area contributed by atoms with Gasteiger partial charge in [-0.1, -0.05) is 0 Å². The number of nitrogens with one attached hydrogen (secondary N) is 1. The van der Waals surface area contributed by atoms with Crippen LogP contribution in [0.4, 0.5) is 22.0 Å². The second-order valence-corrected chi connectivity index (χ2v) is 3.75. The first-order valence-electron chi connectivity index (χ1n) is 4.39. The molecule has 0 spiro atoms. The summed E-state index contributed by atoms with van der Waals surface area (Å²) in [4.78, 5) is 1.70. The topological polar surface area (TPSA) is 15.3 Å². The zero-order chi connectivity index (χ0) is 12.3. The van der Waals surface area contributed by atoms with Crippen molar-refractivity contribution in [2.24, 2.45) is 0 Å². The summed E-state index contributed by atoms with van der Waals surface area (Å²) in [5.41, 5.74) is 0. The lowest BCUT2D eigenvalue weighted by Gasteiger charge is -2.23. The number of rotatable bonds is 5. The number of hydrogen-bond donors (Lipinski definition) is 1. The van der Waals surface area contributed by atoms with E-state index in [1.807, 2.05) is 0 Å². The molecule has 0 saturated carbocycles. The zero-order valence-electron chi connectivity index (χ0n) is 8.83. The van der Waals surface area contributed by atoms with Gasteiger partial charge in [0.15, 0.2) is 0 Å². The number of hydrogen-bond acceptors (Lipinski definition) is 2. The van der Waals surface area contributed by atoms with Gasteiger partial charge in [0.1, 0.15) is 0 Å². The molecule has 0 aliphatic carbocycles. The van der Waals surface area contributed by atoms with E-state index in [-0.39, 0.29) is 0 Å². The lowest BCUT2D eigenvalue weighted by atomic mass is 10.2. The second kappa shape index (κ2) is 5.07. The fraction of sp³-hybridized carbons (Fsp3) is 1.00. The summed E-state index contributed by atoms with van der Waals surface area (Å²) < 4.78 is 60.1. The molecular formula is C8H15F5N2. The Balaban J connectivity index is 4.04. The molecule has 0 aromatic heterocycles. The van der Waals surface area contributed by atoms with Gasteiger partial charge in [-0.3, -0.25) is 0 Å². The number of halogens is 5. The highest BCUT2D eigenvalue weighted by molar-refractivity contribution is 4.80. The van der Waals surface area contributed by atoms with Crippen LogP contribution < -0.4 is 5.32 Å². The maximum absolute atomic E-state index is 12.4. The van der Waals surface area contributed by atoms with Crippen LogP contribution in [0.5, 0.6) is 0 Å². The zero-order valence-corrected chi connectivity index (χ0v) is 8.83. The van der Waals surface area contributed by atoms with Crippen molar-refractivity contribution < 1.29 is 22.0 Å². The van der Waals surface area contributed by atoms with Gasteiger partial charge >= 0.3 is 12.1 Å². The average Bonchev–Trinajstić information content (AvgIpc) is 1.97. The first-order valence-corrected chi connectivity index (χ1v) is 4.39. The molecule has 0 saturated heterocycles. The molecule has 1 N–H and O–H groups in total. The maximum Gasteiger partial charge on any atom is 0.454 e. The van der Waals surface area contributed by atoms with E-state index in [4.69, 9.17) is 0 Å². The van der Waals surface area contributed by atoms with E-state index in [1.54, 1.807) is 25.9 Å². The normalized spacial score (nSPS) is 15.8. The Morgan fingerprint density at radius 1 is 1.13 bits per heavy atom. The predicted molar refractivity (Wildman–Crippen MR) is 47.0 cm³/mol. The van der Waals surface area contributed by atoms with E-state index in [1.165, 1.54) is 0 Å². The third-order valence-electron chi connectivity index (χ3n) is 1.73. The monoisotopic (exact) mass is 234 g/mol. The van der Waals surface area contributed by atoms with Crippen molar-refractivity contribution in [2.75, 3.05) is 27.2 Å². The molecular weight excluding hydrogens is 219 g/mol. The summed E-state index contributed by atoms with van der Waals surface area (Å²) in [5, 5.41) is 2.15. The number of likely N-dealkylation sites (N-methyl/N-ethyl adjacent to an activating group) is 1. The molecule has 15 heavy (non-hydrogen) atoms. The van der Waals surface area contributed by atoms with Gasteiger partial charge in [0, 0.05) is 12.6 Å². The van der Waals surface area contributed by atoms with Crippen LogP contribution in [0.3, 0.4) is 0 Å². The molecule has 0 aromatic carbocycles. The molecule has 0 aromatic rings.